The summed E-state index contributed by atoms with van der Waals surface area (Å²) in [5.41, 5.74) is 2.98. The molecule has 3 rings (SSSR count). The van der Waals surface area contributed by atoms with E-state index < -0.39 is 11.0 Å². The Morgan fingerprint density at radius 3 is 2.63 bits per heavy atom. The molecular weight excluding hydrogens is 348 g/mol. The molecule has 0 aromatic heterocycles. The Morgan fingerprint density at radius 1 is 1.26 bits per heavy atom. The number of nitro benzene ring substituents is 1. The van der Waals surface area contributed by atoms with Gasteiger partial charge in [0, 0.05) is 24.1 Å². The number of non-ortho nitro benzene ring substituents is 1. The Hall–Kier alpha value is -2.64. The molecule has 7 nitrogen and oxygen atoms in total. The number of nitrogens with zero attached hydrogens (tertiary/aromatic N) is 1. The molecule has 0 aliphatic carbocycles. The summed E-state index contributed by atoms with van der Waals surface area (Å²) in [5.74, 6) is 1.42. The van der Waals surface area contributed by atoms with Crippen LogP contribution in [0, 0.1) is 10.1 Å². The Bertz CT molecular complexity index is 839. The van der Waals surface area contributed by atoms with Gasteiger partial charge in [-0.25, -0.2) is 0 Å². The zero-order valence-corrected chi connectivity index (χ0v) is 15.8. The summed E-state index contributed by atoms with van der Waals surface area (Å²) >= 11 is 0. The highest BCUT2D eigenvalue weighted by Crippen LogP contribution is 2.34. The lowest BCUT2D eigenvalue weighted by Crippen LogP contribution is -3.13. The van der Waals surface area contributed by atoms with Gasteiger partial charge in [-0.15, -0.1) is 0 Å². The SMILES string of the molecule is COc1cc2c(cc1OC)[C@@H](C)[NH+](C[C@H](O)c1cccc([N+](=O)[O-])c1)CC2. The van der Waals surface area contributed by atoms with Crippen molar-refractivity contribution in [2.75, 3.05) is 27.3 Å². The highest BCUT2D eigenvalue weighted by atomic mass is 16.6. The van der Waals surface area contributed by atoms with Crippen molar-refractivity contribution >= 4 is 5.69 Å². The van der Waals surface area contributed by atoms with Gasteiger partial charge in [0.25, 0.3) is 5.69 Å². The minimum Gasteiger partial charge on any atom is -0.493 e. The van der Waals surface area contributed by atoms with Crippen LogP contribution in [0.1, 0.15) is 35.8 Å². The molecule has 1 aliphatic rings. The van der Waals surface area contributed by atoms with Crippen LogP contribution >= 0.6 is 0 Å². The molecule has 2 aromatic rings. The minimum atomic E-state index is -0.760. The molecule has 0 saturated carbocycles. The molecular formula is C20H25N2O5+. The Morgan fingerprint density at radius 2 is 1.96 bits per heavy atom. The van der Waals surface area contributed by atoms with Gasteiger partial charge in [0.2, 0.25) is 0 Å². The average Bonchev–Trinajstić information content (AvgIpc) is 2.69. The molecule has 144 valence electrons. The van der Waals surface area contributed by atoms with Gasteiger partial charge in [0.15, 0.2) is 11.5 Å². The van der Waals surface area contributed by atoms with Crippen molar-refractivity contribution in [2.24, 2.45) is 0 Å². The van der Waals surface area contributed by atoms with Crippen molar-refractivity contribution in [1.29, 1.82) is 0 Å². The van der Waals surface area contributed by atoms with Crippen LogP contribution < -0.4 is 14.4 Å². The van der Waals surface area contributed by atoms with E-state index in [4.69, 9.17) is 9.47 Å². The fourth-order valence-corrected chi connectivity index (χ4v) is 3.78. The third-order valence-electron chi connectivity index (χ3n) is 5.36. The monoisotopic (exact) mass is 373 g/mol. The molecule has 3 atom stereocenters. The number of nitrogens with one attached hydrogen (secondary N) is 1. The summed E-state index contributed by atoms with van der Waals surface area (Å²) in [7, 11) is 3.25. The number of fused-ring (bicyclic) bond motifs is 1. The Balaban J connectivity index is 1.80. The molecule has 1 heterocycles. The number of ether oxygens (including phenoxy) is 2. The number of rotatable bonds is 6. The minimum absolute atomic E-state index is 0.00424. The standard InChI is InChI=1S/C20H24N2O5/c1-13-17-11-20(27-3)19(26-2)10-14(17)7-8-21(13)12-18(23)15-5-4-6-16(9-15)22(24)25/h4-6,9-11,13,18,23H,7-8,12H2,1-3H3/p+1/t13-,18+/m1/s1. The van der Waals surface area contributed by atoms with Gasteiger partial charge in [-0.3, -0.25) is 10.1 Å². The van der Waals surface area contributed by atoms with Gasteiger partial charge >= 0.3 is 0 Å². The molecule has 1 aliphatic heterocycles. The van der Waals surface area contributed by atoms with Gasteiger partial charge in [0.1, 0.15) is 18.7 Å². The molecule has 0 spiro atoms. The van der Waals surface area contributed by atoms with Crippen LogP contribution in [0.2, 0.25) is 0 Å². The first-order valence-corrected chi connectivity index (χ1v) is 8.96. The molecule has 0 radical (unpaired) electrons. The van der Waals surface area contributed by atoms with E-state index in [1.54, 1.807) is 26.4 Å². The number of hydrogen-bond acceptors (Lipinski definition) is 5. The summed E-state index contributed by atoms with van der Waals surface area (Å²) in [5, 5.41) is 21.6. The lowest BCUT2D eigenvalue weighted by atomic mass is 9.92. The van der Waals surface area contributed by atoms with Crippen molar-refractivity contribution in [3.63, 3.8) is 0 Å². The second-order valence-corrected chi connectivity index (χ2v) is 6.86. The van der Waals surface area contributed by atoms with Gasteiger partial charge in [0.05, 0.1) is 25.7 Å². The van der Waals surface area contributed by atoms with Crippen molar-refractivity contribution in [3.8, 4) is 11.5 Å². The number of quaternary nitrogens is 1. The van der Waals surface area contributed by atoms with Crippen LogP contribution in [0.3, 0.4) is 0 Å². The maximum absolute atomic E-state index is 11.0. The van der Waals surface area contributed by atoms with Crippen LogP contribution in [-0.4, -0.2) is 37.3 Å². The fourth-order valence-electron chi connectivity index (χ4n) is 3.78. The topological polar surface area (TPSA) is 86.3 Å². The van der Waals surface area contributed by atoms with Gasteiger partial charge < -0.3 is 19.5 Å². The van der Waals surface area contributed by atoms with Crippen molar-refractivity contribution in [3.05, 3.63) is 63.2 Å². The van der Waals surface area contributed by atoms with Crippen molar-refractivity contribution in [1.82, 2.24) is 0 Å². The van der Waals surface area contributed by atoms with E-state index in [1.807, 2.05) is 12.1 Å². The smallest absolute Gasteiger partial charge is 0.269 e. The predicted molar refractivity (Wildman–Crippen MR) is 100 cm³/mol. The summed E-state index contributed by atoms with van der Waals surface area (Å²) < 4.78 is 10.8. The molecule has 2 N–H and O–H groups in total. The number of benzene rings is 2. The van der Waals surface area contributed by atoms with E-state index in [-0.39, 0.29) is 11.7 Å². The van der Waals surface area contributed by atoms with E-state index >= 15 is 0 Å². The highest BCUT2D eigenvalue weighted by molar-refractivity contribution is 5.48. The highest BCUT2D eigenvalue weighted by Gasteiger charge is 2.31. The van der Waals surface area contributed by atoms with E-state index in [2.05, 4.69) is 6.92 Å². The van der Waals surface area contributed by atoms with Gasteiger partial charge in [-0.2, -0.15) is 0 Å². The molecule has 2 aromatic carbocycles. The van der Waals surface area contributed by atoms with Crippen molar-refractivity contribution < 1.29 is 24.4 Å². The Labute approximate surface area is 158 Å². The Kier molecular flexibility index (Phi) is 5.62. The normalized spacial score (nSPS) is 19.9. The van der Waals surface area contributed by atoms with Gasteiger partial charge in [-0.1, -0.05) is 12.1 Å². The van der Waals surface area contributed by atoms with E-state index in [1.165, 1.54) is 28.2 Å². The first kappa shape index (κ1) is 19.1. The maximum atomic E-state index is 11.0. The number of hydrogen-bond donors (Lipinski definition) is 2. The van der Waals surface area contributed by atoms with Crippen molar-refractivity contribution in [2.45, 2.75) is 25.5 Å². The quantitative estimate of drug-likeness (QED) is 0.596. The second kappa shape index (κ2) is 7.94. The fraction of sp³-hybridized carbons (Fsp3) is 0.400. The van der Waals surface area contributed by atoms with Crippen LogP contribution in [0.4, 0.5) is 5.69 Å². The molecule has 1 unspecified atom stereocenters. The molecule has 0 bridgehead atoms. The zero-order valence-electron chi connectivity index (χ0n) is 15.8. The zero-order chi connectivity index (χ0) is 19.6. The van der Waals surface area contributed by atoms with Crippen LogP contribution in [-0.2, 0) is 6.42 Å². The first-order valence-electron chi connectivity index (χ1n) is 8.96. The summed E-state index contributed by atoms with van der Waals surface area (Å²) in [4.78, 5) is 11.8. The third-order valence-corrected chi connectivity index (χ3v) is 5.36. The largest absolute Gasteiger partial charge is 0.493 e. The van der Waals surface area contributed by atoms with E-state index in [0.29, 0.717) is 17.9 Å². The van der Waals surface area contributed by atoms with Crippen LogP contribution in [0.5, 0.6) is 11.5 Å². The van der Waals surface area contributed by atoms with Crippen LogP contribution in [0.25, 0.3) is 0 Å². The lowest BCUT2D eigenvalue weighted by molar-refractivity contribution is -0.935. The number of aliphatic hydroxyl groups excluding tert-OH is 1. The van der Waals surface area contributed by atoms with Crippen LogP contribution in [0.15, 0.2) is 36.4 Å². The maximum Gasteiger partial charge on any atom is 0.269 e. The number of methoxy groups -OCH3 is 2. The average molecular weight is 373 g/mol. The molecule has 0 fully saturated rings. The van der Waals surface area contributed by atoms with E-state index in [9.17, 15) is 15.2 Å². The third kappa shape index (κ3) is 3.89. The summed E-state index contributed by atoms with van der Waals surface area (Å²) in [6.45, 7) is 3.48. The number of aliphatic hydroxyl groups is 1. The predicted octanol–water partition coefficient (Wildman–Crippen LogP) is 1.85. The number of nitro groups is 1. The first-order chi connectivity index (χ1) is 12.9. The second-order valence-electron chi connectivity index (χ2n) is 6.86. The molecule has 7 heteroatoms. The summed E-state index contributed by atoms with van der Waals surface area (Å²) in [6.07, 6.45) is 0.112. The molecule has 27 heavy (non-hydrogen) atoms. The van der Waals surface area contributed by atoms with Gasteiger partial charge in [-0.05, 0) is 30.2 Å². The molecule has 0 saturated heterocycles. The van der Waals surface area contributed by atoms with E-state index in [0.717, 1.165) is 18.7 Å². The lowest BCUT2D eigenvalue weighted by Gasteiger charge is -2.34. The molecule has 0 amide bonds. The summed E-state index contributed by atoms with van der Waals surface area (Å²) in [6, 6.07) is 10.4.